The van der Waals surface area contributed by atoms with Crippen LogP contribution in [0.15, 0.2) is 47.7 Å². The minimum Gasteiger partial charge on any atom is -0.369 e. The van der Waals surface area contributed by atoms with Crippen LogP contribution in [0.25, 0.3) is 10.9 Å². The second-order valence-corrected chi connectivity index (χ2v) is 5.86. The van der Waals surface area contributed by atoms with Crippen LogP contribution >= 0.6 is 0 Å². The lowest BCUT2D eigenvalue weighted by Crippen LogP contribution is -2.24. The van der Waals surface area contributed by atoms with Crippen LogP contribution in [0.5, 0.6) is 0 Å². The van der Waals surface area contributed by atoms with E-state index in [1.54, 1.807) is 22.9 Å². The number of nitrogens with one attached hydrogen (secondary N) is 1. The third-order valence-electron chi connectivity index (χ3n) is 4.16. The van der Waals surface area contributed by atoms with E-state index in [4.69, 9.17) is 0 Å². The molecule has 1 unspecified atom stereocenters. The van der Waals surface area contributed by atoms with E-state index >= 15 is 0 Å². The van der Waals surface area contributed by atoms with Crippen molar-refractivity contribution in [2.75, 3.05) is 11.9 Å². The van der Waals surface area contributed by atoms with Crippen molar-refractivity contribution in [2.24, 2.45) is 4.99 Å². The number of alkyl halides is 3. The molecule has 134 valence electrons. The highest BCUT2D eigenvalue weighted by Crippen LogP contribution is 2.32. The Morgan fingerprint density at radius 2 is 2.12 bits per heavy atom. The SMILES string of the molecule is OC(N=c1nc2cc(C(F)(F)F)ccc2c2n1CCN2)c1cccnc1. The van der Waals surface area contributed by atoms with Crippen molar-refractivity contribution in [1.82, 2.24) is 14.5 Å². The first kappa shape index (κ1) is 16.5. The molecule has 2 N–H and O–H groups in total. The quantitative estimate of drug-likeness (QED) is 0.735. The first-order valence-electron chi connectivity index (χ1n) is 7.91. The number of aliphatic hydroxyl groups excluding tert-OH is 1. The van der Waals surface area contributed by atoms with Crippen molar-refractivity contribution < 1.29 is 18.3 Å². The standard InChI is InChI=1S/C17H14F3N5O/c18-17(19,20)11-3-4-12-13(8-11)23-16(25-7-6-22-14(12)25)24-15(26)10-2-1-5-21-9-10/h1-5,8-9,15,22,26H,6-7H2. The van der Waals surface area contributed by atoms with Gasteiger partial charge in [0.15, 0.2) is 6.23 Å². The Morgan fingerprint density at radius 3 is 2.85 bits per heavy atom. The lowest BCUT2D eigenvalue weighted by Gasteiger charge is -2.12. The topological polar surface area (TPSA) is 75.3 Å². The summed E-state index contributed by atoms with van der Waals surface area (Å²) in [6, 6.07) is 6.75. The summed E-state index contributed by atoms with van der Waals surface area (Å²) in [6.45, 7) is 1.16. The summed E-state index contributed by atoms with van der Waals surface area (Å²) in [5.74, 6) is 0.640. The molecular formula is C17H14F3N5O. The summed E-state index contributed by atoms with van der Waals surface area (Å²) in [5, 5.41) is 14.0. The van der Waals surface area contributed by atoms with Crippen molar-refractivity contribution in [3.05, 3.63) is 59.5 Å². The van der Waals surface area contributed by atoms with Gasteiger partial charge in [-0.05, 0) is 24.3 Å². The van der Waals surface area contributed by atoms with E-state index in [1.807, 2.05) is 0 Å². The summed E-state index contributed by atoms with van der Waals surface area (Å²) >= 11 is 0. The molecule has 26 heavy (non-hydrogen) atoms. The molecule has 0 bridgehead atoms. The van der Waals surface area contributed by atoms with Gasteiger partial charge in [0.1, 0.15) is 5.82 Å². The zero-order chi connectivity index (χ0) is 18.3. The number of aromatic nitrogens is 3. The molecular weight excluding hydrogens is 347 g/mol. The lowest BCUT2D eigenvalue weighted by atomic mass is 10.1. The first-order chi connectivity index (χ1) is 12.4. The zero-order valence-corrected chi connectivity index (χ0v) is 13.4. The smallest absolute Gasteiger partial charge is 0.369 e. The molecule has 0 saturated carbocycles. The highest BCUT2D eigenvalue weighted by molar-refractivity contribution is 5.90. The van der Waals surface area contributed by atoms with Crippen molar-refractivity contribution in [1.29, 1.82) is 0 Å². The molecule has 1 aromatic carbocycles. The fraction of sp³-hybridized carbons (Fsp3) is 0.235. The van der Waals surface area contributed by atoms with Gasteiger partial charge in [-0.15, -0.1) is 0 Å². The monoisotopic (exact) mass is 361 g/mol. The highest BCUT2D eigenvalue weighted by atomic mass is 19.4. The van der Waals surface area contributed by atoms with Gasteiger partial charge in [-0.1, -0.05) is 6.07 Å². The van der Waals surface area contributed by atoms with E-state index < -0.39 is 18.0 Å². The maximum atomic E-state index is 13.0. The van der Waals surface area contributed by atoms with E-state index in [-0.39, 0.29) is 11.1 Å². The predicted molar refractivity (Wildman–Crippen MR) is 88.0 cm³/mol. The number of fused-ring (bicyclic) bond motifs is 3. The van der Waals surface area contributed by atoms with Gasteiger partial charge in [0, 0.05) is 36.4 Å². The van der Waals surface area contributed by atoms with Gasteiger partial charge in [-0.2, -0.15) is 13.2 Å². The highest BCUT2D eigenvalue weighted by Gasteiger charge is 2.31. The molecule has 0 radical (unpaired) electrons. The molecule has 3 heterocycles. The van der Waals surface area contributed by atoms with Gasteiger partial charge in [0.2, 0.25) is 5.62 Å². The third-order valence-corrected chi connectivity index (χ3v) is 4.16. The molecule has 1 aliphatic heterocycles. The van der Waals surface area contributed by atoms with Crippen LogP contribution in [0, 0.1) is 0 Å². The van der Waals surface area contributed by atoms with E-state index in [0.29, 0.717) is 29.9 Å². The fourth-order valence-electron chi connectivity index (χ4n) is 2.91. The Kier molecular flexibility index (Phi) is 3.87. The van der Waals surface area contributed by atoms with Crippen LogP contribution < -0.4 is 10.9 Å². The third kappa shape index (κ3) is 2.90. The van der Waals surface area contributed by atoms with E-state index in [0.717, 1.165) is 12.1 Å². The average Bonchev–Trinajstić information content (AvgIpc) is 3.11. The second kappa shape index (κ2) is 6.10. The maximum absolute atomic E-state index is 13.0. The van der Waals surface area contributed by atoms with Crippen LogP contribution in [-0.4, -0.2) is 26.2 Å². The van der Waals surface area contributed by atoms with Gasteiger partial charge in [0.25, 0.3) is 0 Å². The summed E-state index contributed by atoms with van der Waals surface area (Å²) in [4.78, 5) is 12.4. The minimum atomic E-state index is -4.46. The lowest BCUT2D eigenvalue weighted by molar-refractivity contribution is -0.137. The molecule has 1 aliphatic rings. The molecule has 4 rings (SSSR count). The zero-order valence-electron chi connectivity index (χ0n) is 13.4. The number of hydrogen-bond donors (Lipinski definition) is 2. The molecule has 0 saturated heterocycles. The van der Waals surface area contributed by atoms with Crippen LogP contribution in [0.4, 0.5) is 19.0 Å². The van der Waals surface area contributed by atoms with Gasteiger partial charge < -0.3 is 10.4 Å². The van der Waals surface area contributed by atoms with Crippen LogP contribution in [0.1, 0.15) is 17.4 Å². The van der Waals surface area contributed by atoms with Gasteiger partial charge in [-0.25, -0.2) is 9.98 Å². The van der Waals surface area contributed by atoms with E-state index in [2.05, 4.69) is 20.3 Å². The second-order valence-electron chi connectivity index (χ2n) is 5.86. The fourth-order valence-corrected chi connectivity index (χ4v) is 2.91. The van der Waals surface area contributed by atoms with Gasteiger partial charge in [-0.3, -0.25) is 9.55 Å². The maximum Gasteiger partial charge on any atom is 0.416 e. The van der Waals surface area contributed by atoms with Gasteiger partial charge in [0.05, 0.1) is 11.1 Å². The number of anilines is 1. The van der Waals surface area contributed by atoms with Crippen LogP contribution in [-0.2, 0) is 12.7 Å². The van der Waals surface area contributed by atoms with Crippen molar-refractivity contribution >= 4 is 16.7 Å². The first-order valence-corrected chi connectivity index (χ1v) is 7.91. The molecule has 0 fully saturated rings. The predicted octanol–water partition coefficient (Wildman–Crippen LogP) is 2.47. The summed E-state index contributed by atoms with van der Waals surface area (Å²) in [5.41, 5.74) is 0.0174. The number of rotatable bonds is 2. The Hall–Kier alpha value is -2.94. The molecule has 0 spiro atoms. The van der Waals surface area contributed by atoms with Crippen LogP contribution in [0.2, 0.25) is 0 Å². The average molecular weight is 361 g/mol. The molecule has 1 atom stereocenters. The van der Waals surface area contributed by atoms with Gasteiger partial charge >= 0.3 is 6.18 Å². The minimum absolute atomic E-state index is 0.160. The van der Waals surface area contributed by atoms with Crippen molar-refractivity contribution in [3.8, 4) is 0 Å². The number of nitrogens with zero attached hydrogens (tertiary/aromatic N) is 4. The van der Waals surface area contributed by atoms with E-state index in [9.17, 15) is 18.3 Å². The summed E-state index contributed by atoms with van der Waals surface area (Å²) in [7, 11) is 0. The Morgan fingerprint density at radius 1 is 1.27 bits per heavy atom. The van der Waals surface area contributed by atoms with E-state index in [1.165, 1.54) is 12.3 Å². The Bertz CT molecular complexity index is 1030. The summed E-state index contributed by atoms with van der Waals surface area (Å²) in [6.07, 6.45) is -2.63. The molecule has 0 amide bonds. The molecule has 3 aromatic rings. The molecule has 9 heteroatoms. The normalized spacial score (nSPS) is 15.8. The van der Waals surface area contributed by atoms with Crippen LogP contribution in [0.3, 0.4) is 0 Å². The Labute approximate surface area is 145 Å². The van der Waals surface area contributed by atoms with Crippen molar-refractivity contribution in [3.63, 3.8) is 0 Å². The Balaban J connectivity index is 1.90. The largest absolute Gasteiger partial charge is 0.416 e. The number of hydrogen-bond acceptors (Lipinski definition) is 5. The van der Waals surface area contributed by atoms with Crippen molar-refractivity contribution in [2.45, 2.75) is 18.9 Å². The number of benzene rings is 1. The molecule has 2 aromatic heterocycles. The molecule has 6 nitrogen and oxygen atoms in total. The summed E-state index contributed by atoms with van der Waals surface area (Å²) < 4.78 is 40.8. The number of halogens is 3. The number of aliphatic hydroxyl groups is 1. The number of pyridine rings is 1. The molecule has 0 aliphatic carbocycles.